The SMILES string of the molecule is CC(C)NC(=O)C(C)N(Cc1ccccc1F)C(=O)CSCc1ccc([N+](=O)[O-])cc1. The molecule has 0 spiro atoms. The van der Waals surface area contributed by atoms with Crippen LogP contribution in [0.25, 0.3) is 0 Å². The normalized spacial score (nSPS) is 11.8. The summed E-state index contributed by atoms with van der Waals surface area (Å²) in [6, 6.07) is 11.4. The fourth-order valence-corrected chi connectivity index (χ4v) is 3.72. The lowest BCUT2D eigenvalue weighted by molar-refractivity contribution is -0.384. The molecule has 0 aromatic heterocycles. The van der Waals surface area contributed by atoms with Crippen molar-refractivity contribution >= 4 is 29.3 Å². The van der Waals surface area contributed by atoms with E-state index in [0.29, 0.717) is 11.3 Å². The second kappa shape index (κ2) is 11.5. The van der Waals surface area contributed by atoms with E-state index in [1.807, 2.05) is 13.8 Å². The van der Waals surface area contributed by atoms with Crippen molar-refractivity contribution in [1.29, 1.82) is 0 Å². The van der Waals surface area contributed by atoms with Crippen LogP contribution < -0.4 is 5.32 Å². The van der Waals surface area contributed by atoms with Gasteiger partial charge in [-0.15, -0.1) is 11.8 Å². The minimum absolute atomic E-state index is 0.00544. The Hall–Kier alpha value is -2.94. The van der Waals surface area contributed by atoms with E-state index >= 15 is 0 Å². The van der Waals surface area contributed by atoms with Crippen molar-refractivity contribution in [1.82, 2.24) is 10.2 Å². The largest absolute Gasteiger partial charge is 0.352 e. The zero-order valence-electron chi connectivity index (χ0n) is 17.7. The number of hydrogen-bond donors (Lipinski definition) is 1. The number of nitrogens with one attached hydrogen (secondary N) is 1. The van der Waals surface area contributed by atoms with Crippen molar-refractivity contribution in [2.45, 2.75) is 45.2 Å². The van der Waals surface area contributed by atoms with E-state index in [2.05, 4.69) is 5.32 Å². The van der Waals surface area contributed by atoms with Gasteiger partial charge in [-0.1, -0.05) is 30.3 Å². The summed E-state index contributed by atoms with van der Waals surface area (Å²) in [6.07, 6.45) is 0. The highest BCUT2D eigenvalue weighted by atomic mass is 32.2. The molecule has 7 nitrogen and oxygen atoms in total. The lowest BCUT2D eigenvalue weighted by Gasteiger charge is -2.29. The summed E-state index contributed by atoms with van der Waals surface area (Å²) >= 11 is 1.33. The van der Waals surface area contributed by atoms with Gasteiger partial charge in [-0.3, -0.25) is 19.7 Å². The molecule has 166 valence electrons. The predicted octanol–water partition coefficient (Wildman–Crippen LogP) is 3.91. The molecule has 2 aromatic carbocycles. The second-order valence-corrected chi connectivity index (χ2v) is 8.35. The van der Waals surface area contributed by atoms with Crippen LogP contribution in [0, 0.1) is 15.9 Å². The Bertz CT molecular complexity index is 921. The van der Waals surface area contributed by atoms with E-state index in [0.717, 1.165) is 5.56 Å². The summed E-state index contributed by atoms with van der Waals surface area (Å²) < 4.78 is 14.2. The van der Waals surface area contributed by atoms with Crippen molar-refractivity contribution in [2.24, 2.45) is 0 Å². The highest BCUT2D eigenvalue weighted by Gasteiger charge is 2.27. The van der Waals surface area contributed by atoms with Gasteiger partial charge in [0.15, 0.2) is 0 Å². The molecule has 0 saturated carbocycles. The molecule has 0 fully saturated rings. The number of nitro groups is 1. The third kappa shape index (κ3) is 7.36. The maximum atomic E-state index is 14.2. The molecule has 0 heterocycles. The van der Waals surface area contributed by atoms with Crippen LogP contribution in [0.5, 0.6) is 0 Å². The van der Waals surface area contributed by atoms with Gasteiger partial charge in [0.05, 0.1) is 10.7 Å². The number of benzene rings is 2. The first-order chi connectivity index (χ1) is 14.7. The second-order valence-electron chi connectivity index (χ2n) is 7.37. The molecule has 9 heteroatoms. The average molecular weight is 448 g/mol. The van der Waals surface area contributed by atoms with Crippen LogP contribution in [0.3, 0.4) is 0 Å². The van der Waals surface area contributed by atoms with Gasteiger partial charge in [0.2, 0.25) is 11.8 Å². The van der Waals surface area contributed by atoms with Gasteiger partial charge in [0.1, 0.15) is 11.9 Å². The first-order valence-electron chi connectivity index (χ1n) is 9.83. The number of hydrogen-bond acceptors (Lipinski definition) is 5. The molecule has 2 rings (SSSR count). The standard InChI is InChI=1S/C22H26FN3O4S/c1-15(2)24-22(28)16(3)25(12-18-6-4-5-7-20(18)23)21(27)14-31-13-17-8-10-19(11-9-17)26(29)30/h4-11,15-16H,12-14H2,1-3H3,(H,24,28). The van der Waals surface area contributed by atoms with Gasteiger partial charge in [0, 0.05) is 36.0 Å². The minimum atomic E-state index is -0.769. The van der Waals surface area contributed by atoms with Crippen LogP contribution >= 0.6 is 11.8 Å². The van der Waals surface area contributed by atoms with E-state index in [1.165, 1.54) is 34.9 Å². The smallest absolute Gasteiger partial charge is 0.269 e. The number of thioether (sulfide) groups is 1. The lowest BCUT2D eigenvalue weighted by Crippen LogP contribution is -2.49. The van der Waals surface area contributed by atoms with Crippen molar-refractivity contribution in [3.05, 3.63) is 75.6 Å². The molecule has 0 aliphatic rings. The number of carbonyl (C=O) groups excluding carboxylic acids is 2. The Kier molecular flexibility index (Phi) is 8.99. The Morgan fingerprint density at radius 1 is 1.13 bits per heavy atom. The van der Waals surface area contributed by atoms with Gasteiger partial charge < -0.3 is 10.2 Å². The molecule has 0 saturated heterocycles. The van der Waals surface area contributed by atoms with Crippen LogP contribution in [-0.4, -0.2) is 39.5 Å². The van der Waals surface area contributed by atoms with E-state index in [9.17, 15) is 24.1 Å². The summed E-state index contributed by atoms with van der Waals surface area (Å²) in [4.78, 5) is 37.1. The molecular weight excluding hydrogens is 421 g/mol. The van der Waals surface area contributed by atoms with Crippen molar-refractivity contribution in [2.75, 3.05) is 5.75 Å². The molecule has 0 radical (unpaired) electrons. The van der Waals surface area contributed by atoms with Gasteiger partial charge >= 0.3 is 0 Å². The first-order valence-corrected chi connectivity index (χ1v) is 11.0. The Morgan fingerprint density at radius 2 is 1.77 bits per heavy atom. The van der Waals surface area contributed by atoms with Crippen LogP contribution in [0.15, 0.2) is 48.5 Å². The number of rotatable bonds is 10. The summed E-state index contributed by atoms with van der Waals surface area (Å²) in [7, 11) is 0. The van der Waals surface area contributed by atoms with E-state index < -0.39 is 16.8 Å². The number of amides is 2. The Balaban J connectivity index is 2.06. The molecule has 2 aromatic rings. The molecule has 31 heavy (non-hydrogen) atoms. The zero-order chi connectivity index (χ0) is 23.0. The topological polar surface area (TPSA) is 92.6 Å². The molecule has 1 atom stereocenters. The van der Waals surface area contributed by atoms with Crippen molar-refractivity contribution < 1.29 is 18.9 Å². The summed E-state index contributed by atoms with van der Waals surface area (Å²) in [5, 5.41) is 13.5. The third-order valence-corrected chi connectivity index (χ3v) is 5.53. The zero-order valence-corrected chi connectivity index (χ0v) is 18.5. The van der Waals surface area contributed by atoms with Crippen molar-refractivity contribution in [3.8, 4) is 0 Å². The lowest BCUT2D eigenvalue weighted by atomic mass is 10.1. The van der Waals surface area contributed by atoms with Crippen LogP contribution in [0.4, 0.5) is 10.1 Å². The average Bonchev–Trinajstić information content (AvgIpc) is 2.72. The van der Waals surface area contributed by atoms with Crippen LogP contribution in [0.1, 0.15) is 31.9 Å². The summed E-state index contributed by atoms with van der Waals surface area (Å²) in [6.45, 7) is 5.26. The predicted molar refractivity (Wildman–Crippen MR) is 119 cm³/mol. The van der Waals surface area contributed by atoms with Gasteiger partial charge in [-0.05, 0) is 32.4 Å². The summed E-state index contributed by atoms with van der Waals surface area (Å²) in [5.41, 5.74) is 1.18. The van der Waals surface area contributed by atoms with E-state index in [1.54, 1.807) is 37.3 Å². The maximum absolute atomic E-state index is 14.2. The number of nitrogens with zero attached hydrogens (tertiary/aromatic N) is 2. The fourth-order valence-electron chi connectivity index (χ4n) is 2.85. The fraction of sp³-hybridized carbons (Fsp3) is 0.364. The number of carbonyl (C=O) groups is 2. The van der Waals surface area contributed by atoms with Crippen molar-refractivity contribution in [3.63, 3.8) is 0 Å². The first kappa shape index (κ1) is 24.3. The van der Waals surface area contributed by atoms with Crippen LogP contribution in [0.2, 0.25) is 0 Å². The highest BCUT2D eigenvalue weighted by Crippen LogP contribution is 2.19. The van der Waals surface area contributed by atoms with Gasteiger partial charge in [-0.2, -0.15) is 0 Å². The van der Waals surface area contributed by atoms with E-state index in [4.69, 9.17) is 0 Å². The minimum Gasteiger partial charge on any atom is -0.352 e. The highest BCUT2D eigenvalue weighted by molar-refractivity contribution is 7.99. The molecule has 0 bridgehead atoms. The monoisotopic (exact) mass is 447 g/mol. The van der Waals surface area contributed by atoms with Gasteiger partial charge in [-0.25, -0.2) is 4.39 Å². The van der Waals surface area contributed by atoms with Gasteiger partial charge in [0.25, 0.3) is 5.69 Å². The molecule has 2 amide bonds. The van der Waals surface area contributed by atoms with E-state index in [-0.39, 0.29) is 35.8 Å². The summed E-state index contributed by atoms with van der Waals surface area (Å²) in [5.74, 6) is -0.467. The molecule has 0 aliphatic heterocycles. The maximum Gasteiger partial charge on any atom is 0.269 e. The Morgan fingerprint density at radius 3 is 2.35 bits per heavy atom. The number of non-ortho nitro benzene ring substituents is 1. The number of nitro benzene ring substituents is 1. The quantitative estimate of drug-likeness (QED) is 0.440. The molecule has 0 aliphatic carbocycles. The molecule has 1 N–H and O–H groups in total. The van der Waals surface area contributed by atoms with Crippen LogP contribution in [-0.2, 0) is 21.9 Å². The number of halogens is 1. The molecular formula is C22H26FN3O4S. The third-order valence-electron chi connectivity index (χ3n) is 4.54. The molecule has 1 unspecified atom stereocenters. The Labute approximate surface area is 185 Å².